The minimum absolute atomic E-state index is 0.432. The summed E-state index contributed by atoms with van der Waals surface area (Å²) in [4.78, 5) is 0. The zero-order chi connectivity index (χ0) is 21.7. The van der Waals surface area contributed by atoms with E-state index in [1.165, 1.54) is 64.2 Å². The van der Waals surface area contributed by atoms with E-state index in [1.54, 1.807) is 0 Å². The summed E-state index contributed by atoms with van der Waals surface area (Å²) in [5, 5.41) is 0. The smallest absolute Gasteiger partial charge is 0.00564 e. The predicted molar refractivity (Wildman–Crippen MR) is 129 cm³/mol. The first kappa shape index (κ1) is 21.6. The molecule has 4 fully saturated rings. The third kappa shape index (κ3) is 2.52. The van der Waals surface area contributed by atoms with Gasteiger partial charge in [0.15, 0.2) is 0 Å². The molecule has 30 heavy (non-hydrogen) atoms. The van der Waals surface area contributed by atoms with E-state index in [2.05, 4.69) is 61.5 Å². The highest BCUT2D eigenvalue weighted by molar-refractivity contribution is 5.33. The van der Waals surface area contributed by atoms with Gasteiger partial charge in [-0.3, -0.25) is 0 Å². The second-order valence-electron chi connectivity index (χ2n) is 14.6. The van der Waals surface area contributed by atoms with Gasteiger partial charge in [-0.25, -0.2) is 0 Å². The van der Waals surface area contributed by atoms with Gasteiger partial charge in [-0.1, -0.05) is 73.5 Å². The lowest BCUT2D eigenvalue weighted by atomic mass is 9.33. The van der Waals surface area contributed by atoms with Gasteiger partial charge < -0.3 is 0 Å². The van der Waals surface area contributed by atoms with Gasteiger partial charge in [0.2, 0.25) is 0 Å². The number of allylic oxidation sites excluding steroid dienone is 2. The molecule has 0 aliphatic heterocycles. The van der Waals surface area contributed by atoms with Crippen molar-refractivity contribution in [2.45, 2.75) is 120 Å². The van der Waals surface area contributed by atoms with E-state index in [0.717, 1.165) is 29.6 Å². The summed E-state index contributed by atoms with van der Waals surface area (Å²) in [6.45, 7) is 21.3. The summed E-state index contributed by atoms with van der Waals surface area (Å²) in [6.07, 6.45) is 17.4. The lowest BCUT2D eigenvalue weighted by Crippen LogP contribution is -2.63. The normalized spacial score (nSPS) is 57.3. The summed E-state index contributed by atoms with van der Waals surface area (Å²) in [5.74, 6) is 4.40. The van der Waals surface area contributed by atoms with Crippen molar-refractivity contribution in [1.29, 1.82) is 0 Å². The fraction of sp³-hybridized carbons (Fsp3) is 0.933. The lowest BCUT2D eigenvalue weighted by molar-refractivity contribution is -0.180. The van der Waals surface area contributed by atoms with Crippen molar-refractivity contribution in [3.63, 3.8) is 0 Å². The van der Waals surface area contributed by atoms with Crippen molar-refractivity contribution in [3.05, 3.63) is 11.6 Å². The third-order valence-electron chi connectivity index (χ3n) is 13.1. The quantitative estimate of drug-likeness (QED) is 0.349. The zero-order valence-corrected chi connectivity index (χ0v) is 21.5. The Hall–Kier alpha value is -0.260. The average Bonchev–Trinajstić information content (AvgIpc) is 2.65. The average molecular weight is 411 g/mol. The van der Waals surface area contributed by atoms with Crippen molar-refractivity contribution in [1.82, 2.24) is 0 Å². The maximum Gasteiger partial charge on any atom is -0.00564 e. The molecule has 0 heteroatoms. The summed E-state index contributed by atoms with van der Waals surface area (Å²) < 4.78 is 0. The van der Waals surface area contributed by atoms with Crippen LogP contribution in [0.3, 0.4) is 0 Å². The maximum absolute atomic E-state index is 2.86. The fourth-order valence-electron chi connectivity index (χ4n) is 11.0. The van der Waals surface area contributed by atoms with Gasteiger partial charge in [-0.05, 0) is 114 Å². The third-order valence-corrected chi connectivity index (χ3v) is 13.1. The van der Waals surface area contributed by atoms with Crippen LogP contribution < -0.4 is 0 Å². The molecule has 4 saturated carbocycles. The highest BCUT2D eigenvalue weighted by Crippen LogP contribution is 2.75. The van der Waals surface area contributed by atoms with Crippen LogP contribution in [0.5, 0.6) is 0 Å². The van der Waals surface area contributed by atoms with Gasteiger partial charge in [0.25, 0.3) is 0 Å². The maximum atomic E-state index is 2.86. The molecular weight excluding hydrogens is 360 g/mol. The predicted octanol–water partition coefficient (Wildman–Crippen LogP) is 9.05. The van der Waals surface area contributed by atoms with Crippen LogP contribution in [0.2, 0.25) is 0 Å². The van der Waals surface area contributed by atoms with Crippen molar-refractivity contribution >= 4 is 0 Å². The summed E-state index contributed by atoms with van der Waals surface area (Å²) in [5.41, 5.74) is 4.52. The van der Waals surface area contributed by atoms with Gasteiger partial charge in [0.05, 0.1) is 0 Å². The summed E-state index contributed by atoms with van der Waals surface area (Å²) in [6, 6.07) is 0. The molecule has 0 aromatic heterocycles. The van der Waals surface area contributed by atoms with E-state index in [4.69, 9.17) is 0 Å². The second-order valence-corrected chi connectivity index (χ2v) is 14.6. The first-order valence-corrected chi connectivity index (χ1v) is 13.6. The second kappa shape index (κ2) is 6.41. The van der Waals surface area contributed by atoms with Crippen LogP contribution in [0.25, 0.3) is 0 Å². The number of rotatable bonds is 0. The Morgan fingerprint density at radius 3 is 2.23 bits per heavy atom. The van der Waals surface area contributed by atoms with Gasteiger partial charge >= 0.3 is 0 Å². The molecule has 0 nitrogen and oxygen atoms in total. The number of hydrogen-bond acceptors (Lipinski definition) is 0. The van der Waals surface area contributed by atoms with Crippen LogP contribution in [-0.4, -0.2) is 0 Å². The van der Waals surface area contributed by atoms with Crippen LogP contribution in [0.1, 0.15) is 120 Å². The molecule has 5 rings (SSSR count). The zero-order valence-electron chi connectivity index (χ0n) is 21.5. The molecule has 0 N–H and O–H groups in total. The molecule has 0 aromatic rings. The molecule has 0 amide bonds. The van der Waals surface area contributed by atoms with Crippen LogP contribution in [0.4, 0.5) is 0 Å². The highest BCUT2D eigenvalue weighted by Gasteiger charge is 2.67. The Kier molecular flexibility index (Phi) is 4.61. The fourth-order valence-corrected chi connectivity index (χ4v) is 11.0. The Morgan fingerprint density at radius 1 is 0.767 bits per heavy atom. The topological polar surface area (TPSA) is 0 Å². The van der Waals surface area contributed by atoms with E-state index < -0.39 is 0 Å². The SMILES string of the molecule is CC1C2C3=CC[C@@H]4C5(C)CCCC(C)(C)C5CCC4(C)[C@]3(C)CCC2(C)CC[C@H]1C. The Bertz CT molecular complexity index is 743. The molecule has 0 radical (unpaired) electrons. The van der Waals surface area contributed by atoms with E-state index in [-0.39, 0.29) is 0 Å². The molecule has 5 aliphatic carbocycles. The molecule has 9 atom stereocenters. The molecule has 6 unspecified atom stereocenters. The number of fused-ring (bicyclic) bond motifs is 7. The van der Waals surface area contributed by atoms with E-state index in [1.807, 2.05) is 5.57 Å². The summed E-state index contributed by atoms with van der Waals surface area (Å²) in [7, 11) is 0. The molecule has 0 spiro atoms. The molecule has 170 valence electrons. The van der Waals surface area contributed by atoms with Gasteiger partial charge in [0.1, 0.15) is 0 Å². The van der Waals surface area contributed by atoms with Crippen molar-refractivity contribution in [3.8, 4) is 0 Å². The monoisotopic (exact) mass is 410 g/mol. The lowest BCUT2D eigenvalue weighted by Gasteiger charge is -2.71. The van der Waals surface area contributed by atoms with Gasteiger partial charge in [-0.15, -0.1) is 0 Å². The Morgan fingerprint density at radius 2 is 1.50 bits per heavy atom. The van der Waals surface area contributed by atoms with Crippen LogP contribution in [0, 0.1) is 56.7 Å². The molecule has 0 bridgehead atoms. The van der Waals surface area contributed by atoms with Crippen molar-refractivity contribution < 1.29 is 0 Å². The summed E-state index contributed by atoms with van der Waals surface area (Å²) >= 11 is 0. The molecule has 0 saturated heterocycles. The van der Waals surface area contributed by atoms with E-state index in [9.17, 15) is 0 Å². The minimum atomic E-state index is 0.432. The standard InChI is InChI=1S/C30H50/c1-20-12-16-27(5)18-19-29(7)22(25(27)21(20)2)10-11-24-28(6)15-9-14-26(3,4)23(28)13-17-30(24,29)8/h10,20-21,23-25H,9,11-19H2,1-8H3/t20-,21?,23?,24-,25?,27?,28?,29-,30?/m1/s1. The largest absolute Gasteiger partial charge is 0.0841 e. The first-order valence-electron chi connectivity index (χ1n) is 13.6. The first-order chi connectivity index (χ1) is 13.9. The highest BCUT2D eigenvalue weighted by atomic mass is 14.7. The van der Waals surface area contributed by atoms with Crippen molar-refractivity contribution in [2.24, 2.45) is 56.7 Å². The van der Waals surface area contributed by atoms with Gasteiger partial charge in [-0.2, -0.15) is 0 Å². The number of hydrogen-bond donors (Lipinski definition) is 0. The minimum Gasteiger partial charge on any atom is -0.0841 e. The molecule has 0 heterocycles. The Labute approximate surface area is 188 Å². The van der Waals surface area contributed by atoms with Crippen LogP contribution >= 0.6 is 0 Å². The Balaban J connectivity index is 1.59. The van der Waals surface area contributed by atoms with Crippen LogP contribution in [0.15, 0.2) is 11.6 Å². The van der Waals surface area contributed by atoms with E-state index >= 15 is 0 Å². The van der Waals surface area contributed by atoms with Gasteiger partial charge in [0, 0.05) is 0 Å². The molecule has 0 aromatic carbocycles. The van der Waals surface area contributed by atoms with Crippen LogP contribution in [-0.2, 0) is 0 Å². The molecule has 5 aliphatic rings. The van der Waals surface area contributed by atoms with Crippen molar-refractivity contribution in [2.75, 3.05) is 0 Å². The molecular formula is C30H50. The van der Waals surface area contributed by atoms with E-state index in [0.29, 0.717) is 27.1 Å².